The van der Waals surface area contributed by atoms with E-state index >= 15 is 0 Å². The zero-order valence-electron chi connectivity index (χ0n) is 11.4. The molecule has 0 aliphatic carbocycles. The summed E-state index contributed by atoms with van der Waals surface area (Å²) in [5, 5.41) is 0. The van der Waals surface area contributed by atoms with Crippen LogP contribution < -0.4 is 5.73 Å². The number of hydrogen-bond donors (Lipinski definition) is 1. The average Bonchev–Trinajstić information content (AvgIpc) is 2.74. The molecule has 1 amide bonds. The van der Waals surface area contributed by atoms with E-state index in [-0.39, 0.29) is 17.4 Å². The Labute approximate surface area is 109 Å². The van der Waals surface area contributed by atoms with Crippen LogP contribution in [0.2, 0.25) is 0 Å². The molecule has 1 unspecified atom stereocenters. The number of likely N-dealkylation sites (tertiary alicyclic amines) is 1. The Kier molecular flexibility index (Phi) is 3.44. The Hall–Kier alpha value is -1.35. The molecule has 0 radical (unpaired) electrons. The van der Waals surface area contributed by atoms with Gasteiger partial charge in [0, 0.05) is 24.7 Å². The largest absolute Gasteiger partial charge is 0.337 e. The molecule has 1 fully saturated rings. The molecule has 1 aliphatic rings. The quantitative estimate of drug-likeness (QED) is 0.825. The number of carbonyl (C=O) groups excluding carboxylic acids is 1. The molecule has 18 heavy (non-hydrogen) atoms. The minimum atomic E-state index is 0.100. The van der Waals surface area contributed by atoms with Crippen LogP contribution in [0.15, 0.2) is 24.3 Å². The van der Waals surface area contributed by atoms with E-state index in [2.05, 4.69) is 20.8 Å². The number of nitrogens with zero attached hydrogens (tertiary/aromatic N) is 1. The van der Waals surface area contributed by atoms with E-state index in [0.29, 0.717) is 6.54 Å². The van der Waals surface area contributed by atoms with Gasteiger partial charge in [0.1, 0.15) is 0 Å². The van der Waals surface area contributed by atoms with Crippen LogP contribution in [0, 0.1) is 0 Å². The van der Waals surface area contributed by atoms with Gasteiger partial charge in [-0.3, -0.25) is 4.79 Å². The van der Waals surface area contributed by atoms with Gasteiger partial charge in [0.25, 0.3) is 5.91 Å². The Bertz CT molecular complexity index is 431. The predicted molar refractivity (Wildman–Crippen MR) is 73.6 cm³/mol. The lowest BCUT2D eigenvalue weighted by Crippen LogP contribution is -2.31. The lowest BCUT2D eigenvalue weighted by Gasteiger charge is -2.20. The van der Waals surface area contributed by atoms with Crippen LogP contribution in [0.25, 0.3) is 0 Å². The maximum Gasteiger partial charge on any atom is 0.253 e. The third-order valence-corrected chi connectivity index (χ3v) is 3.51. The van der Waals surface area contributed by atoms with Crippen molar-refractivity contribution in [3.63, 3.8) is 0 Å². The summed E-state index contributed by atoms with van der Waals surface area (Å²) >= 11 is 0. The fourth-order valence-electron chi connectivity index (χ4n) is 2.27. The zero-order chi connectivity index (χ0) is 13.3. The summed E-state index contributed by atoms with van der Waals surface area (Å²) < 4.78 is 0. The Balaban J connectivity index is 2.12. The van der Waals surface area contributed by atoms with Crippen LogP contribution in [0.5, 0.6) is 0 Å². The SMILES string of the molecule is CC(C)(C)c1ccc(C(=O)N2CCC(N)C2)cc1. The molecule has 1 atom stereocenters. The summed E-state index contributed by atoms with van der Waals surface area (Å²) in [5.74, 6) is 0.100. The van der Waals surface area contributed by atoms with E-state index in [1.54, 1.807) is 0 Å². The van der Waals surface area contributed by atoms with E-state index in [1.165, 1.54) is 5.56 Å². The second-order valence-electron chi connectivity index (χ2n) is 6.13. The summed E-state index contributed by atoms with van der Waals surface area (Å²) in [6, 6.07) is 8.08. The van der Waals surface area contributed by atoms with Gasteiger partial charge in [-0.2, -0.15) is 0 Å². The van der Waals surface area contributed by atoms with Crippen molar-refractivity contribution in [3.05, 3.63) is 35.4 Å². The average molecular weight is 246 g/mol. The minimum absolute atomic E-state index is 0.100. The highest BCUT2D eigenvalue weighted by Gasteiger charge is 2.24. The van der Waals surface area contributed by atoms with Gasteiger partial charge in [-0.1, -0.05) is 32.9 Å². The van der Waals surface area contributed by atoms with Crippen molar-refractivity contribution in [1.29, 1.82) is 0 Å². The number of hydrogen-bond acceptors (Lipinski definition) is 2. The molecule has 98 valence electrons. The molecule has 0 aromatic heterocycles. The van der Waals surface area contributed by atoms with Crippen LogP contribution in [0.1, 0.15) is 43.1 Å². The van der Waals surface area contributed by atoms with Crippen LogP contribution >= 0.6 is 0 Å². The van der Waals surface area contributed by atoms with E-state index in [0.717, 1.165) is 18.5 Å². The monoisotopic (exact) mass is 246 g/mol. The number of nitrogens with two attached hydrogens (primary N) is 1. The fraction of sp³-hybridized carbons (Fsp3) is 0.533. The normalized spacial score (nSPS) is 20.2. The Morgan fingerprint density at radius 2 is 1.89 bits per heavy atom. The van der Waals surface area contributed by atoms with Crippen molar-refractivity contribution < 1.29 is 4.79 Å². The summed E-state index contributed by atoms with van der Waals surface area (Å²) in [6.45, 7) is 7.97. The molecular formula is C15H22N2O. The molecule has 1 aromatic carbocycles. The van der Waals surface area contributed by atoms with Gasteiger partial charge in [-0.25, -0.2) is 0 Å². The third kappa shape index (κ3) is 2.72. The molecule has 2 N–H and O–H groups in total. The van der Waals surface area contributed by atoms with Crippen molar-refractivity contribution in [3.8, 4) is 0 Å². The first-order chi connectivity index (χ1) is 8.38. The lowest BCUT2D eigenvalue weighted by molar-refractivity contribution is 0.0791. The van der Waals surface area contributed by atoms with E-state index < -0.39 is 0 Å². The van der Waals surface area contributed by atoms with Crippen molar-refractivity contribution in [2.45, 2.75) is 38.6 Å². The summed E-state index contributed by atoms with van der Waals surface area (Å²) in [7, 11) is 0. The number of amides is 1. The molecule has 0 bridgehead atoms. The summed E-state index contributed by atoms with van der Waals surface area (Å²) in [4.78, 5) is 14.1. The number of carbonyl (C=O) groups is 1. The molecule has 1 aliphatic heterocycles. The summed E-state index contributed by atoms with van der Waals surface area (Å²) in [6.07, 6.45) is 0.909. The van der Waals surface area contributed by atoms with Gasteiger partial charge in [-0.05, 0) is 29.5 Å². The fourth-order valence-corrected chi connectivity index (χ4v) is 2.27. The van der Waals surface area contributed by atoms with Crippen LogP contribution in [0.3, 0.4) is 0 Å². The molecule has 0 saturated carbocycles. The van der Waals surface area contributed by atoms with Gasteiger partial charge in [0.2, 0.25) is 0 Å². The predicted octanol–water partition coefficient (Wildman–Crippen LogP) is 2.16. The number of benzene rings is 1. The minimum Gasteiger partial charge on any atom is -0.337 e. The highest BCUT2D eigenvalue weighted by molar-refractivity contribution is 5.94. The maximum atomic E-state index is 12.2. The van der Waals surface area contributed by atoms with Crippen LogP contribution in [-0.4, -0.2) is 29.9 Å². The first-order valence-corrected chi connectivity index (χ1v) is 6.53. The molecule has 3 nitrogen and oxygen atoms in total. The van der Waals surface area contributed by atoms with E-state index in [9.17, 15) is 4.79 Å². The van der Waals surface area contributed by atoms with Crippen LogP contribution in [0.4, 0.5) is 0 Å². The standard InChI is InChI=1S/C15H22N2O/c1-15(2,3)12-6-4-11(5-7-12)14(18)17-9-8-13(16)10-17/h4-7,13H,8-10,16H2,1-3H3. The Morgan fingerprint density at radius 3 is 2.33 bits per heavy atom. The molecule has 1 aromatic rings. The first kappa shape index (κ1) is 13.1. The zero-order valence-corrected chi connectivity index (χ0v) is 11.4. The molecule has 1 heterocycles. The van der Waals surface area contributed by atoms with Crippen molar-refractivity contribution in [2.24, 2.45) is 5.73 Å². The van der Waals surface area contributed by atoms with Gasteiger partial charge < -0.3 is 10.6 Å². The topological polar surface area (TPSA) is 46.3 Å². The molecule has 1 saturated heterocycles. The van der Waals surface area contributed by atoms with Gasteiger partial charge in [0.05, 0.1) is 0 Å². The van der Waals surface area contributed by atoms with Gasteiger partial charge in [0.15, 0.2) is 0 Å². The van der Waals surface area contributed by atoms with Crippen molar-refractivity contribution in [2.75, 3.05) is 13.1 Å². The van der Waals surface area contributed by atoms with Gasteiger partial charge in [-0.15, -0.1) is 0 Å². The highest BCUT2D eigenvalue weighted by atomic mass is 16.2. The van der Waals surface area contributed by atoms with E-state index in [4.69, 9.17) is 5.73 Å². The molecule has 2 rings (SSSR count). The van der Waals surface area contributed by atoms with E-state index in [1.807, 2.05) is 29.2 Å². The lowest BCUT2D eigenvalue weighted by atomic mass is 9.86. The maximum absolute atomic E-state index is 12.2. The van der Waals surface area contributed by atoms with Crippen molar-refractivity contribution in [1.82, 2.24) is 4.90 Å². The smallest absolute Gasteiger partial charge is 0.253 e. The molecule has 0 spiro atoms. The second kappa shape index (κ2) is 4.73. The first-order valence-electron chi connectivity index (χ1n) is 6.53. The second-order valence-corrected chi connectivity index (χ2v) is 6.13. The van der Waals surface area contributed by atoms with Gasteiger partial charge >= 0.3 is 0 Å². The number of rotatable bonds is 1. The van der Waals surface area contributed by atoms with Crippen molar-refractivity contribution >= 4 is 5.91 Å². The Morgan fingerprint density at radius 1 is 1.28 bits per heavy atom. The molecular weight excluding hydrogens is 224 g/mol. The third-order valence-electron chi connectivity index (χ3n) is 3.51. The highest BCUT2D eigenvalue weighted by Crippen LogP contribution is 2.23. The molecule has 3 heteroatoms. The summed E-state index contributed by atoms with van der Waals surface area (Å²) in [5.41, 5.74) is 7.96. The van der Waals surface area contributed by atoms with Crippen LogP contribution in [-0.2, 0) is 5.41 Å².